The molecule has 0 radical (unpaired) electrons. The van der Waals surface area contributed by atoms with Crippen molar-refractivity contribution in [2.24, 2.45) is 11.7 Å². The molecule has 0 saturated carbocycles. The molecular formula is C21H29N5O3. The Morgan fingerprint density at radius 1 is 1.14 bits per heavy atom. The number of aromatic nitrogens is 1. The Hall–Kier alpha value is -2.61. The van der Waals surface area contributed by atoms with E-state index in [2.05, 4.69) is 20.1 Å². The van der Waals surface area contributed by atoms with Crippen molar-refractivity contribution in [3.8, 4) is 0 Å². The van der Waals surface area contributed by atoms with Gasteiger partial charge in [0, 0.05) is 25.0 Å². The average Bonchev–Trinajstić information content (AvgIpc) is 3.18. The fourth-order valence-electron chi connectivity index (χ4n) is 4.35. The molecule has 3 heterocycles. The molecule has 2 fully saturated rings. The molecule has 0 aliphatic carbocycles. The number of benzene rings is 1. The standard InChI is InChI=1S/C21H29N5O3/c1-14(19(22)27)23-20(28)15-6-10-25(11-7-15)16-8-12-26(13-9-16)21-24-17-4-2-3-5-18(17)29-21/h2-5,14-16H,6-13H2,1H3,(H2,22,27)(H,23,28)/t14-/m0/s1. The van der Waals surface area contributed by atoms with Gasteiger partial charge in [-0.2, -0.15) is 4.98 Å². The second-order valence-electron chi connectivity index (χ2n) is 8.13. The highest BCUT2D eigenvalue weighted by molar-refractivity contribution is 5.87. The summed E-state index contributed by atoms with van der Waals surface area (Å²) < 4.78 is 5.90. The first kappa shape index (κ1) is 19.7. The molecule has 1 aromatic heterocycles. The van der Waals surface area contributed by atoms with Crippen molar-refractivity contribution in [2.75, 3.05) is 31.1 Å². The Kier molecular flexibility index (Phi) is 5.71. The van der Waals surface area contributed by atoms with Crippen LogP contribution in [-0.4, -0.2) is 60.0 Å². The molecule has 2 aromatic rings. The molecule has 2 aliphatic rings. The summed E-state index contributed by atoms with van der Waals surface area (Å²) in [6.45, 7) is 5.30. The number of piperidine rings is 2. The summed E-state index contributed by atoms with van der Waals surface area (Å²) in [5.74, 6) is -0.587. The molecule has 2 aliphatic heterocycles. The van der Waals surface area contributed by atoms with Gasteiger partial charge in [-0.15, -0.1) is 0 Å². The zero-order chi connectivity index (χ0) is 20.4. The summed E-state index contributed by atoms with van der Waals surface area (Å²) in [5, 5.41) is 2.72. The normalized spacial score (nSPS) is 20.7. The smallest absolute Gasteiger partial charge is 0.298 e. The SMILES string of the molecule is C[C@H](NC(=O)C1CCN(C2CCN(c3nc4ccccc4o3)CC2)CC1)C(N)=O. The van der Waals surface area contributed by atoms with Gasteiger partial charge in [0.2, 0.25) is 11.8 Å². The molecule has 1 atom stereocenters. The molecule has 2 amide bonds. The van der Waals surface area contributed by atoms with Crippen molar-refractivity contribution in [3.63, 3.8) is 0 Å². The Morgan fingerprint density at radius 2 is 1.83 bits per heavy atom. The van der Waals surface area contributed by atoms with Gasteiger partial charge >= 0.3 is 0 Å². The lowest BCUT2D eigenvalue weighted by Gasteiger charge is -2.41. The molecule has 3 N–H and O–H groups in total. The van der Waals surface area contributed by atoms with Crippen molar-refractivity contribution in [1.29, 1.82) is 0 Å². The van der Waals surface area contributed by atoms with E-state index in [1.807, 2.05) is 24.3 Å². The molecule has 8 nitrogen and oxygen atoms in total. The summed E-state index contributed by atoms with van der Waals surface area (Å²) >= 11 is 0. The number of para-hydroxylation sites is 2. The lowest BCUT2D eigenvalue weighted by molar-refractivity contribution is -0.130. The third kappa shape index (κ3) is 4.37. The predicted octanol–water partition coefficient (Wildman–Crippen LogP) is 1.50. The van der Waals surface area contributed by atoms with Gasteiger partial charge in [-0.05, 0) is 57.8 Å². The van der Waals surface area contributed by atoms with Crippen LogP contribution in [0.3, 0.4) is 0 Å². The number of rotatable bonds is 5. The minimum atomic E-state index is -0.614. The van der Waals surface area contributed by atoms with Crippen molar-refractivity contribution in [2.45, 2.75) is 44.7 Å². The zero-order valence-corrected chi connectivity index (χ0v) is 16.8. The lowest BCUT2D eigenvalue weighted by atomic mass is 9.92. The van der Waals surface area contributed by atoms with Crippen LogP contribution in [0.25, 0.3) is 11.1 Å². The maximum atomic E-state index is 12.3. The summed E-state index contributed by atoms with van der Waals surface area (Å²) in [4.78, 5) is 32.8. The Balaban J connectivity index is 1.25. The van der Waals surface area contributed by atoms with Gasteiger partial charge in [0.25, 0.3) is 6.01 Å². The largest absolute Gasteiger partial charge is 0.423 e. The quantitative estimate of drug-likeness (QED) is 0.789. The summed E-state index contributed by atoms with van der Waals surface area (Å²) in [5.41, 5.74) is 6.96. The first-order chi connectivity index (χ1) is 14.0. The highest BCUT2D eigenvalue weighted by Crippen LogP contribution is 2.28. The first-order valence-corrected chi connectivity index (χ1v) is 10.5. The number of hydrogen-bond donors (Lipinski definition) is 2. The Morgan fingerprint density at radius 3 is 2.48 bits per heavy atom. The fourth-order valence-corrected chi connectivity index (χ4v) is 4.35. The lowest BCUT2D eigenvalue weighted by Crippen LogP contribution is -2.50. The van der Waals surface area contributed by atoms with Gasteiger partial charge in [-0.1, -0.05) is 12.1 Å². The number of nitrogens with one attached hydrogen (secondary N) is 1. The molecule has 0 unspecified atom stereocenters. The third-order valence-electron chi connectivity index (χ3n) is 6.22. The Labute approximate surface area is 170 Å². The van der Waals surface area contributed by atoms with E-state index >= 15 is 0 Å². The van der Waals surface area contributed by atoms with E-state index in [0.29, 0.717) is 12.1 Å². The van der Waals surface area contributed by atoms with Crippen molar-refractivity contribution < 1.29 is 14.0 Å². The van der Waals surface area contributed by atoms with Gasteiger partial charge < -0.3 is 25.3 Å². The maximum absolute atomic E-state index is 12.3. The maximum Gasteiger partial charge on any atom is 0.298 e. The predicted molar refractivity (Wildman–Crippen MR) is 110 cm³/mol. The average molecular weight is 399 g/mol. The molecule has 156 valence electrons. The molecule has 0 bridgehead atoms. The van der Waals surface area contributed by atoms with E-state index in [-0.39, 0.29) is 11.8 Å². The van der Waals surface area contributed by atoms with Gasteiger partial charge in [0.05, 0.1) is 0 Å². The number of nitrogens with two attached hydrogens (primary N) is 1. The van der Waals surface area contributed by atoms with Crippen LogP contribution in [0.15, 0.2) is 28.7 Å². The number of fused-ring (bicyclic) bond motifs is 1. The van der Waals surface area contributed by atoms with E-state index in [9.17, 15) is 9.59 Å². The van der Waals surface area contributed by atoms with Crippen LogP contribution < -0.4 is 16.0 Å². The Bertz CT molecular complexity index is 833. The molecule has 4 rings (SSSR count). The second kappa shape index (κ2) is 8.41. The minimum absolute atomic E-state index is 0.0344. The van der Waals surface area contributed by atoms with Gasteiger partial charge in [-0.25, -0.2) is 0 Å². The number of amides is 2. The third-order valence-corrected chi connectivity index (χ3v) is 6.22. The number of carbonyl (C=O) groups is 2. The van der Waals surface area contributed by atoms with Crippen molar-refractivity contribution >= 4 is 28.9 Å². The van der Waals surface area contributed by atoms with Crippen LogP contribution in [0.2, 0.25) is 0 Å². The number of oxazole rings is 1. The molecule has 0 spiro atoms. The number of carbonyl (C=O) groups excluding carboxylic acids is 2. The fraction of sp³-hybridized carbons (Fsp3) is 0.571. The van der Waals surface area contributed by atoms with Crippen LogP contribution in [0, 0.1) is 5.92 Å². The number of likely N-dealkylation sites (tertiary alicyclic amines) is 1. The van der Waals surface area contributed by atoms with Crippen molar-refractivity contribution in [3.05, 3.63) is 24.3 Å². The van der Waals surface area contributed by atoms with E-state index < -0.39 is 11.9 Å². The topological polar surface area (TPSA) is 105 Å². The number of nitrogens with zero attached hydrogens (tertiary/aromatic N) is 3. The van der Waals surface area contributed by atoms with Crippen LogP contribution in [0.5, 0.6) is 0 Å². The van der Waals surface area contributed by atoms with Gasteiger partial charge in [0.1, 0.15) is 11.6 Å². The molecule has 2 saturated heterocycles. The van der Waals surface area contributed by atoms with Gasteiger partial charge in [0.15, 0.2) is 5.58 Å². The molecule has 29 heavy (non-hydrogen) atoms. The molecule has 8 heteroatoms. The van der Waals surface area contributed by atoms with Crippen LogP contribution >= 0.6 is 0 Å². The highest BCUT2D eigenvalue weighted by Gasteiger charge is 2.32. The van der Waals surface area contributed by atoms with Crippen molar-refractivity contribution in [1.82, 2.24) is 15.2 Å². The van der Waals surface area contributed by atoms with E-state index in [4.69, 9.17) is 10.2 Å². The number of hydrogen-bond acceptors (Lipinski definition) is 6. The van der Waals surface area contributed by atoms with Crippen LogP contribution in [0.4, 0.5) is 6.01 Å². The number of primary amides is 1. The van der Waals surface area contributed by atoms with Gasteiger partial charge in [-0.3, -0.25) is 9.59 Å². The minimum Gasteiger partial charge on any atom is -0.423 e. The van der Waals surface area contributed by atoms with Crippen LogP contribution in [0.1, 0.15) is 32.6 Å². The van der Waals surface area contributed by atoms with E-state index in [0.717, 1.165) is 63.0 Å². The molecular weight excluding hydrogens is 370 g/mol. The number of anilines is 1. The highest BCUT2D eigenvalue weighted by atomic mass is 16.4. The summed E-state index contributed by atoms with van der Waals surface area (Å²) in [6.07, 6.45) is 3.77. The second-order valence-corrected chi connectivity index (χ2v) is 8.13. The summed E-state index contributed by atoms with van der Waals surface area (Å²) in [6, 6.07) is 8.48. The molecule has 1 aromatic carbocycles. The first-order valence-electron chi connectivity index (χ1n) is 10.5. The monoisotopic (exact) mass is 399 g/mol. The van der Waals surface area contributed by atoms with E-state index in [1.54, 1.807) is 6.92 Å². The zero-order valence-electron chi connectivity index (χ0n) is 16.8. The van der Waals surface area contributed by atoms with E-state index in [1.165, 1.54) is 0 Å². The van der Waals surface area contributed by atoms with Crippen LogP contribution in [-0.2, 0) is 9.59 Å². The summed E-state index contributed by atoms with van der Waals surface area (Å²) in [7, 11) is 0.